The summed E-state index contributed by atoms with van der Waals surface area (Å²) in [5, 5.41) is 12.0. The molecule has 1 aromatic carbocycles. The molecule has 4 nitrogen and oxygen atoms in total. The van der Waals surface area contributed by atoms with Gasteiger partial charge in [-0.05, 0) is 34.5 Å². The van der Waals surface area contributed by atoms with E-state index >= 15 is 0 Å². The van der Waals surface area contributed by atoms with Crippen molar-refractivity contribution in [3.05, 3.63) is 58.5 Å². The Balaban J connectivity index is 0.00000192. The van der Waals surface area contributed by atoms with Crippen LogP contribution in [0.25, 0.3) is 11.0 Å². The van der Waals surface area contributed by atoms with Crippen molar-refractivity contribution in [2.24, 2.45) is 4.99 Å². The molecule has 0 aliphatic carbocycles. The zero-order chi connectivity index (χ0) is 15.2. The van der Waals surface area contributed by atoms with Gasteiger partial charge in [0, 0.05) is 31.9 Å². The first-order valence-corrected chi connectivity index (χ1v) is 8.22. The first kappa shape index (κ1) is 17.8. The summed E-state index contributed by atoms with van der Waals surface area (Å²) in [4.78, 5) is 4.23. The number of furan rings is 1. The lowest BCUT2D eigenvalue weighted by Gasteiger charge is -2.10. The van der Waals surface area contributed by atoms with E-state index < -0.39 is 0 Å². The molecule has 0 atom stereocenters. The van der Waals surface area contributed by atoms with E-state index in [0.717, 1.165) is 42.2 Å². The molecule has 0 aliphatic rings. The van der Waals surface area contributed by atoms with Gasteiger partial charge in [-0.2, -0.15) is 11.3 Å². The number of hydrogen-bond acceptors (Lipinski definition) is 3. The zero-order valence-electron chi connectivity index (χ0n) is 12.9. The maximum absolute atomic E-state index is 5.80. The van der Waals surface area contributed by atoms with Crippen LogP contribution in [0, 0.1) is 0 Å². The Hall–Kier alpha value is -1.54. The fourth-order valence-corrected chi connectivity index (χ4v) is 2.93. The molecular weight excluding hydrogens is 421 g/mol. The Morgan fingerprint density at radius 2 is 2.09 bits per heavy atom. The normalized spacial score (nSPS) is 11.3. The lowest BCUT2D eigenvalue weighted by molar-refractivity contribution is 0.544. The number of thiophene rings is 1. The molecule has 0 bridgehead atoms. The van der Waals surface area contributed by atoms with Crippen LogP contribution >= 0.6 is 35.3 Å². The van der Waals surface area contributed by atoms with Gasteiger partial charge in [0.1, 0.15) is 11.3 Å². The third-order valence-corrected chi connectivity index (χ3v) is 4.14. The first-order valence-electron chi connectivity index (χ1n) is 7.28. The molecule has 3 aromatic rings. The van der Waals surface area contributed by atoms with Crippen LogP contribution in [0.4, 0.5) is 0 Å². The van der Waals surface area contributed by atoms with Gasteiger partial charge in [-0.25, -0.2) is 0 Å². The standard InChI is InChI=1S/C17H19N3OS.HI/c1-18-17(20-11-13-7-9-22-12-13)19-8-6-15-10-14-4-2-3-5-16(14)21-15;/h2-5,7,9-10,12H,6,8,11H2,1H3,(H2,18,19,20);1H. The highest BCUT2D eigenvalue weighted by atomic mass is 127. The van der Waals surface area contributed by atoms with Gasteiger partial charge in [-0.3, -0.25) is 4.99 Å². The van der Waals surface area contributed by atoms with Crippen molar-refractivity contribution < 1.29 is 4.42 Å². The number of nitrogens with zero attached hydrogens (tertiary/aromatic N) is 1. The minimum Gasteiger partial charge on any atom is -0.461 e. The fraction of sp³-hybridized carbons (Fsp3) is 0.235. The molecule has 23 heavy (non-hydrogen) atoms. The van der Waals surface area contributed by atoms with E-state index in [1.807, 2.05) is 18.2 Å². The van der Waals surface area contributed by atoms with Gasteiger partial charge >= 0.3 is 0 Å². The van der Waals surface area contributed by atoms with Crippen molar-refractivity contribution in [3.63, 3.8) is 0 Å². The molecule has 0 spiro atoms. The average Bonchev–Trinajstić information content (AvgIpc) is 3.19. The second-order valence-electron chi connectivity index (χ2n) is 4.98. The molecule has 0 aliphatic heterocycles. The van der Waals surface area contributed by atoms with Gasteiger partial charge in [-0.15, -0.1) is 24.0 Å². The quantitative estimate of drug-likeness (QED) is 0.357. The average molecular weight is 441 g/mol. The Morgan fingerprint density at radius 3 is 2.83 bits per heavy atom. The van der Waals surface area contributed by atoms with E-state index in [2.05, 4.69) is 44.6 Å². The maximum Gasteiger partial charge on any atom is 0.191 e. The molecule has 0 fully saturated rings. The molecule has 2 N–H and O–H groups in total. The molecular formula is C17H20IN3OS. The summed E-state index contributed by atoms with van der Waals surface area (Å²) in [7, 11) is 1.78. The van der Waals surface area contributed by atoms with Crippen LogP contribution in [0.2, 0.25) is 0 Å². The molecule has 0 unspecified atom stereocenters. The Kier molecular flexibility index (Phi) is 6.91. The van der Waals surface area contributed by atoms with Crippen LogP contribution in [0.1, 0.15) is 11.3 Å². The molecule has 0 saturated heterocycles. The number of halogens is 1. The highest BCUT2D eigenvalue weighted by Gasteiger charge is 2.04. The number of hydrogen-bond donors (Lipinski definition) is 2. The van der Waals surface area contributed by atoms with E-state index in [-0.39, 0.29) is 24.0 Å². The van der Waals surface area contributed by atoms with Gasteiger partial charge in [0.2, 0.25) is 0 Å². The smallest absolute Gasteiger partial charge is 0.191 e. The lowest BCUT2D eigenvalue weighted by Crippen LogP contribution is -2.37. The minimum atomic E-state index is 0. The van der Waals surface area contributed by atoms with Gasteiger partial charge in [0.05, 0.1) is 0 Å². The first-order chi connectivity index (χ1) is 10.8. The minimum absolute atomic E-state index is 0. The summed E-state index contributed by atoms with van der Waals surface area (Å²) >= 11 is 1.70. The monoisotopic (exact) mass is 441 g/mol. The number of nitrogens with one attached hydrogen (secondary N) is 2. The number of benzene rings is 1. The molecule has 6 heteroatoms. The number of fused-ring (bicyclic) bond motifs is 1. The second kappa shape index (κ2) is 8.93. The largest absolute Gasteiger partial charge is 0.461 e. The summed E-state index contributed by atoms with van der Waals surface area (Å²) < 4.78 is 5.80. The Bertz CT molecular complexity index is 719. The zero-order valence-corrected chi connectivity index (χ0v) is 16.1. The topological polar surface area (TPSA) is 49.6 Å². The van der Waals surface area contributed by atoms with Crippen LogP contribution in [0.3, 0.4) is 0 Å². The van der Waals surface area contributed by atoms with Crippen molar-refractivity contribution in [3.8, 4) is 0 Å². The van der Waals surface area contributed by atoms with E-state index in [0.29, 0.717) is 0 Å². The van der Waals surface area contributed by atoms with Crippen molar-refractivity contribution in [1.82, 2.24) is 10.6 Å². The van der Waals surface area contributed by atoms with Crippen LogP contribution in [0.15, 0.2) is 56.6 Å². The summed E-state index contributed by atoms with van der Waals surface area (Å²) in [5.41, 5.74) is 2.21. The highest BCUT2D eigenvalue weighted by molar-refractivity contribution is 14.0. The van der Waals surface area contributed by atoms with Crippen LogP contribution in [-0.2, 0) is 13.0 Å². The van der Waals surface area contributed by atoms with Gasteiger partial charge in [0.25, 0.3) is 0 Å². The summed E-state index contributed by atoms with van der Waals surface area (Å²) in [6, 6.07) is 12.3. The predicted molar refractivity (Wildman–Crippen MR) is 108 cm³/mol. The molecule has 0 radical (unpaired) electrons. The highest BCUT2D eigenvalue weighted by Crippen LogP contribution is 2.18. The van der Waals surface area contributed by atoms with Gasteiger partial charge in [-0.1, -0.05) is 18.2 Å². The number of guanidine groups is 1. The Labute approximate surface area is 157 Å². The number of aliphatic imine (C=N–C) groups is 1. The molecule has 3 rings (SSSR count). The SMILES string of the molecule is CN=C(NCCc1cc2ccccc2o1)NCc1ccsc1.I. The van der Waals surface area contributed by atoms with Crippen molar-refractivity contribution in [2.45, 2.75) is 13.0 Å². The van der Waals surface area contributed by atoms with Gasteiger partial charge in [0.15, 0.2) is 5.96 Å². The van der Waals surface area contributed by atoms with E-state index in [9.17, 15) is 0 Å². The summed E-state index contributed by atoms with van der Waals surface area (Å²) in [6.07, 6.45) is 0.827. The number of para-hydroxylation sites is 1. The maximum atomic E-state index is 5.80. The summed E-state index contributed by atoms with van der Waals surface area (Å²) in [6.45, 7) is 1.57. The van der Waals surface area contributed by atoms with Crippen molar-refractivity contribution in [1.29, 1.82) is 0 Å². The third kappa shape index (κ3) is 4.97. The third-order valence-electron chi connectivity index (χ3n) is 3.40. The Morgan fingerprint density at radius 1 is 1.22 bits per heavy atom. The predicted octanol–water partition coefficient (Wildman–Crippen LogP) is 4.02. The molecule has 122 valence electrons. The van der Waals surface area contributed by atoms with Crippen LogP contribution in [0.5, 0.6) is 0 Å². The van der Waals surface area contributed by atoms with E-state index in [1.165, 1.54) is 5.56 Å². The van der Waals surface area contributed by atoms with Crippen molar-refractivity contribution in [2.75, 3.05) is 13.6 Å². The van der Waals surface area contributed by atoms with Gasteiger partial charge < -0.3 is 15.1 Å². The molecule has 0 saturated carbocycles. The lowest BCUT2D eigenvalue weighted by atomic mass is 10.2. The van der Waals surface area contributed by atoms with Crippen LogP contribution in [-0.4, -0.2) is 19.6 Å². The van der Waals surface area contributed by atoms with Crippen molar-refractivity contribution >= 4 is 52.2 Å². The fourth-order valence-electron chi connectivity index (χ4n) is 2.26. The van der Waals surface area contributed by atoms with Crippen LogP contribution < -0.4 is 10.6 Å². The summed E-state index contributed by atoms with van der Waals surface area (Å²) in [5.74, 6) is 1.80. The number of rotatable bonds is 5. The molecule has 0 amide bonds. The molecule has 2 heterocycles. The van der Waals surface area contributed by atoms with E-state index in [4.69, 9.17) is 4.42 Å². The van der Waals surface area contributed by atoms with E-state index in [1.54, 1.807) is 18.4 Å². The molecule has 2 aromatic heterocycles. The second-order valence-corrected chi connectivity index (χ2v) is 5.76.